The molecule has 5 heteroatoms. The number of ether oxygens (including phenoxy) is 2. The standard InChI is InChI=1S/C9H15ClN2O2/c1-9(2,3)12-8(14-5)6(13-4)7(10)11-12/h1-5H3. The molecule has 0 atom stereocenters. The van der Waals surface area contributed by atoms with Crippen LogP contribution in [0.4, 0.5) is 0 Å². The Labute approximate surface area is 88.8 Å². The summed E-state index contributed by atoms with van der Waals surface area (Å²) in [4.78, 5) is 0. The lowest BCUT2D eigenvalue weighted by molar-refractivity contribution is 0.270. The first-order chi connectivity index (χ1) is 6.41. The molecule has 0 aliphatic rings. The molecule has 0 amide bonds. The second-order valence-electron chi connectivity index (χ2n) is 3.92. The fourth-order valence-electron chi connectivity index (χ4n) is 1.17. The average molecular weight is 219 g/mol. The van der Waals surface area contributed by atoms with Crippen LogP contribution < -0.4 is 9.47 Å². The lowest BCUT2D eigenvalue weighted by Crippen LogP contribution is -2.23. The molecule has 0 aromatic carbocycles. The van der Waals surface area contributed by atoms with Crippen LogP contribution in [0.25, 0.3) is 0 Å². The minimum atomic E-state index is -0.189. The molecule has 0 fully saturated rings. The third kappa shape index (κ3) is 1.80. The van der Waals surface area contributed by atoms with Crippen molar-refractivity contribution in [2.75, 3.05) is 14.2 Å². The number of methoxy groups -OCH3 is 2. The summed E-state index contributed by atoms with van der Waals surface area (Å²) < 4.78 is 12.0. The Morgan fingerprint density at radius 2 is 1.79 bits per heavy atom. The minimum Gasteiger partial charge on any atom is -0.489 e. The molecule has 0 bridgehead atoms. The van der Waals surface area contributed by atoms with Gasteiger partial charge in [0.2, 0.25) is 5.75 Å². The second-order valence-corrected chi connectivity index (χ2v) is 4.27. The number of halogens is 1. The van der Waals surface area contributed by atoms with E-state index in [0.717, 1.165) is 0 Å². The van der Waals surface area contributed by atoms with Gasteiger partial charge in [0.25, 0.3) is 5.88 Å². The Hall–Kier alpha value is -0.900. The highest BCUT2D eigenvalue weighted by Crippen LogP contribution is 2.37. The highest BCUT2D eigenvalue weighted by atomic mass is 35.5. The Morgan fingerprint density at radius 3 is 2.14 bits per heavy atom. The van der Waals surface area contributed by atoms with E-state index in [4.69, 9.17) is 21.1 Å². The van der Waals surface area contributed by atoms with E-state index in [1.165, 1.54) is 0 Å². The van der Waals surface area contributed by atoms with Crippen molar-refractivity contribution in [2.24, 2.45) is 0 Å². The summed E-state index contributed by atoms with van der Waals surface area (Å²) in [6, 6.07) is 0. The van der Waals surface area contributed by atoms with Gasteiger partial charge in [-0.2, -0.15) is 5.10 Å². The molecule has 4 nitrogen and oxygen atoms in total. The van der Waals surface area contributed by atoms with Gasteiger partial charge in [0.05, 0.1) is 19.8 Å². The van der Waals surface area contributed by atoms with E-state index in [9.17, 15) is 0 Å². The molecule has 1 aromatic heterocycles. The molecule has 80 valence electrons. The first-order valence-electron chi connectivity index (χ1n) is 4.28. The van der Waals surface area contributed by atoms with Crippen LogP contribution >= 0.6 is 11.6 Å². The molecule has 0 saturated heterocycles. The van der Waals surface area contributed by atoms with Crippen molar-refractivity contribution >= 4 is 11.6 Å². The van der Waals surface area contributed by atoms with E-state index in [1.54, 1.807) is 18.9 Å². The maximum Gasteiger partial charge on any atom is 0.257 e. The first kappa shape index (κ1) is 11.2. The minimum absolute atomic E-state index is 0.189. The molecule has 1 aromatic rings. The van der Waals surface area contributed by atoms with Crippen LogP contribution in [0.2, 0.25) is 5.15 Å². The topological polar surface area (TPSA) is 36.3 Å². The molecule has 0 N–H and O–H groups in total. The van der Waals surface area contributed by atoms with Crippen molar-refractivity contribution in [3.8, 4) is 11.6 Å². The molecule has 0 aliphatic heterocycles. The van der Waals surface area contributed by atoms with E-state index in [1.807, 2.05) is 20.8 Å². The predicted molar refractivity (Wildman–Crippen MR) is 55.3 cm³/mol. The van der Waals surface area contributed by atoms with Gasteiger partial charge < -0.3 is 9.47 Å². The average Bonchev–Trinajstić information content (AvgIpc) is 2.40. The van der Waals surface area contributed by atoms with Crippen molar-refractivity contribution in [3.05, 3.63) is 5.15 Å². The van der Waals surface area contributed by atoms with Crippen LogP contribution in [0.1, 0.15) is 20.8 Å². The van der Waals surface area contributed by atoms with Gasteiger partial charge in [-0.3, -0.25) is 0 Å². The van der Waals surface area contributed by atoms with Crippen LogP contribution in [-0.2, 0) is 5.54 Å². The van der Waals surface area contributed by atoms with E-state index >= 15 is 0 Å². The van der Waals surface area contributed by atoms with E-state index in [2.05, 4.69) is 5.10 Å². The summed E-state index contributed by atoms with van der Waals surface area (Å²) in [6.07, 6.45) is 0. The van der Waals surface area contributed by atoms with E-state index in [0.29, 0.717) is 16.8 Å². The summed E-state index contributed by atoms with van der Waals surface area (Å²) in [5, 5.41) is 4.47. The molecule has 14 heavy (non-hydrogen) atoms. The van der Waals surface area contributed by atoms with Gasteiger partial charge >= 0.3 is 0 Å². The number of aromatic nitrogens is 2. The fourth-order valence-corrected chi connectivity index (χ4v) is 1.40. The monoisotopic (exact) mass is 218 g/mol. The fraction of sp³-hybridized carbons (Fsp3) is 0.667. The lowest BCUT2D eigenvalue weighted by Gasteiger charge is -2.21. The number of rotatable bonds is 2. The van der Waals surface area contributed by atoms with Crippen LogP contribution in [0.3, 0.4) is 0 Å². The third-order valence-electron chi connectivity index (χ3n) is 1.79. The Kier molecular flexibility index (Phi) is 2.95. The predicted octanol–water partition coefficient (Wildman–Crippen LogP) is 2.31. The summed E-state index contributed by atoms with van der Waals surface area (Å²) in [5.41, 5.74) is -0.189. The van der Waals surface area contributed by atoms with Crippen molar-refractivity contribution < 1.29 is 9.47 Å². The molecular weight excluding hydrogens is 204 g/mol. The normalized spacial score (nSPS) is 11.6. The lowest BCUT2D eigenvalue weighted by atomic mass is 10.1. The summed E-state index contributed by atoms with van der Waals surface area (Å²) >= 11 is 5.90. The van der Waals surface area contributed by atoms with Crippen molar-refractivity contribution in [2.45, 2.75) is 26.3 Å². The zero-order valence-corrected chi connectivity index (χ0v) is 9.84. The highest BCUT2D eigenvalue weighted by Gasteiger charge is 2.25. The van der Waals surface area contributed by atoms with Crippen molar-refractivity contribution in [1.29, 1.82) is 0 Å². The molecular formula is C9H15ClN2O2. The molecule has 0 radical (unpaired) electrons. The molecule has 0 unspecified atom stereocenters. The van der Waals surface area contributed by atoms with Crippen LogP contribution in [0, 0.1) is 0 Å². The molecule has 0 saturated carbocycles. The largest absolute Gasteiger partial charge is 0.489 e. The quantitative estimate of drug-likeness (QED) is 0.765. The van der Waals surface area contributed by atoms with E-state index < -0.39 is 0 Å². The Morgan fingerprint density at radius 1 is 1.21 bits per heavy atom. The molecule has 0 spiro atoms. The van der Waals surface area contributed by atoms with Crippen molar-refractivity contribution in [1.82, 2.24) is 9.78 Å². The first-order valence-corrected chi connectivity index (χ1v) is 4.66. The highest BCUT2D eigenvalue weighted by molar-refractivity contribution is 6.31. The van der Waals surface area contributed by atoms with Gasteiger partial charge in [-0.25, -0.2) is 4.68 Å². The number of hydrogen-bond acceptors (Lipinski definition) is 3. The molecule has 1 heterocycles. The van der Waals surface area contributed by atoms with Gasteiger partial charge in [0.1, 0.15) is 0 Å². The molecule has 1 rings (SSSR count). The SMILES string of the molecule is COc1c(Cl)nn(C(C)(C)C)c1OC. The number of nitrogens with zero attached hydrogens (tertiary/aromatic N) is 2. The van der Waals surface area contributed by atoms with Gasteiger partial charge in [-0.15, -0.1) is 0 Å². The maximum atomic E-state index is 5.90. The van der Waals surface area contributed by atoms with Crippen LogP contribution in [0.15, 0.2) is 0 Å². The zero-order valence-electron chi connectivity index (χ0n) is 9.09. The van der Waals surface area contributed by atoms with Gasteiger partial charge in [-0.05, 0) is 20.8 Å². The van der Waals surface area contributed by atoms with Gasteiger partial charge in [-0.1, -0.05) is 11.6 Å². The third-order valence-corrected chi connectivity index (χ3v) is 2.04. The smallest absolute Gasteiger partial charge is 0.257 e. The van der Waals surface area contributed by atoms with Crippen LogP contribution in [-0.4, -0.2) is 24.0 Å². The maximum absolute atomic E-state index is 5.90. The van der Waals surface area contributed by atoms with Gasteiger partial charge in [0, 0.05) is 0 Å². The Bertz CT molecular complexity index is 328. The van der Waals surface area contributed by atoms with E-state index in [-0.39, 0.29) is 5.54 Å². The van der Waals surface area contributed by atoms with Crippen LogP contribution in [0.5, 0.6) is 11.6 Å². The summed E-state index contributed by atoms with van der Waals surface area (Å²) in [7, 11) is 3.11. The van der Waals surface area contributed by atoms with Crippen molar-refractivity contribution in [3.63, 3.8) is 0 Å². The van der Waals surface area contributed by atoms with Gasteiger partial charge in [0.15, 0.2) is 5.15 Å². The number of hydrogen-bond donors (Lipinski definition) is 0. The summed E-state index contributed by atoms with van der Waals surface area (Å²) in [6.45, 7) is 6.04. The Balaban J connectivity index is 3.31. The zero-order chi connectivity index (χ0) is 10.9. The molecule has 0 aliphatic carbocycles. The summed E-state index contributed by atoms with van der Waals surface area (Å²) in [5.74, 6) is 1.02. The second kappa shape index (κ2) is 3.69.